The number of halogens is 2. The fourth-order valence-electron chi connectivity index (χ4n) is 2.96. The van der Waals surface area contributed by atoms with Crippen LogP contribution in [0.15, 0.2) is 18.2 Å². The number of carbonyl (C=O) groups excluding carboxylic acids is 1. The Bertz CT molecular complexity index is 743. The molecule has 25 heavy (non-hydrogen) atoms. The lowest BCUT2D eigenvalue weighted by Crippen LogP contribution is -2.37. The molecule has 0 bridgehead atoms. The van der Waals surface area contributed by atoms with Gasteiger partial charge in [0.15, 0.2) is 5.82 Å². The van der Waals surface area contributed by atoms with Gasteiger partial charge in [-0.25, -0.2) is 9.18 Å². The van der Waals surface area contributed by atoms with Crippen LogP contribution in [0.1, 0.15) is 36.5 Å². The van der Waals surface area contributed by atoms with Crippen molar-refractivity contribution < 1.29 is 9.18 Å². The second-order valence-electron chi connectivity index (χ2n) is 6.21. The highest BCUT2D eigenvalue weighted by atomic mass is 35.5. The fourth-order valence-corrected chi connectivity index (χ4v) is 3.18. The van der Waals surface area contributed by atoms with Gasteiger partial charge in [-0.05, 0) is 25.0 Å². The minimum atomic E-state index is -0.421. The van der Waals surface area contributed by atoms with Crippen molar-refractivity contribution in [2.45, 2.75) is 45.3 Å². The molecule has 1 aliphatic heterocycles. The standard InChI is InChI=1S/C17H21ClFN5O/c1-23(11-12-13(18)6-5-7-14(12)19)17(25)20-10-16-22-21-15-8-3-2-4-9-24(15)16/h5-7H,2-4,8-11H2,1H3,(H,20,25). The van der Waals surface area contributed by atoms with E-state index in [9.17, 15) is 9.18 Å². The molecule has 2 heterocycles. The minimum absolute atomic E-state index is 0.0925. The molecule has 0 saturated carbocycles. The van der Waals surface area contributed by atoms with E-state index in [2.05, 4.69) is 20.1 Å². The van der Waals surface area contributed by atoms with Gasteiger partial charge in [0, 0.05) is 30.6 Å². The molecular weight excluding hydrogens is 345 g/mol. The third kappa shape index (κ3) is 4.10. The molecule has 2 amide bonds. The summed E-state index contributed by atoms with van der Waals surface area (Å²) in [6, 6.07) is 4.17. The average Bonchev–Trinajstić information content (AvgIpc) is 2.82. The molecule has 0 aliphatic carbocycles. The third-order valence-electron chi connectivity index (χ3n) is 4.39. The molecule has 0 fully saturated rings. The van der Waals surface area contributed by atoms with Crippen LogP contribution in [0.4, 0.5) is 9.18 Å². The van der Waals surface area contributed by atoms with Crippen LogP contribution in [0.2, 0.25) is 5.02 Å². The van der Waals surface area contributed by atoms with E-state index >= 15 is 0 Å². The summed E-state index contributed by atoms with van der Waals surface area (Å²) in [5.74, 6) is 1.31. The summed E-state index contributed by atoms with van der Waals surface area (Å²) < 4.78 is 15.9. The van der Waals surface area contributed by atoms with Gasteiger partial charge in [0.2, 0.25) is 0 Å². The molecule has 3 rings (SSSR count). The van der Waals surface area contributed by atoms with Gasteiger partial charge in [-0.1, -0.05) is 24.1 Å². The van der Waals surface area contributed by atoms with E-state index in [4.69, 9.17) is 11.6 Å². The maximum Gasteiger partial charge on any atom is 0.317 e. The van der Waals surface area contributed by atoms with Crippen molar-refractivity contribution >= 4 is 17.6 Å². The summed E-state index contributed by atoms with van der Waals surface area (Å²) in [7, 11) is 1.60. The van der Waals surface area contributed by atoms with Gasteiger partial charge < -0.3 is 14.8 Å². The zero-order valence-electron chi connectivity index (χ0n) is 14.1. The number of hydrogen-bond donors (Lipinski definition) is 1. The SMILES string of the molecule is CN(Cc1c(F)cccc1Cl)C(=O)NCc1nnc2n1CCCCC2. The van der Waals surface area contributed by atoms with Gasteiger partial charge in [-0.3, -0.25) is 0 Å². The summed E-state index contributed by atoms with van der Waals surface area (Å²) in [6.45, 7) is 1.27. The van der Waals surface area contributed by atoms with Crippen molar-refractivity contribution in [3.63, 3.8) is 0 Å². The van der Waals surface area contributed by atoms with E-state index in [1.807, 2.05) is 0 Å². The molecule has 1 aliphatic rings. The fraction of sp³-hybridized carbons (Fsp3) is 0.471. The van der Waals surface area contributed by atoms with Crippen LogP contribution in [0.25, 0.3) is 0 Å². The predicted molar refractivity (Wildman–Crippen MR) is 92.7 cm³/mol. The molecule has 0 spiro atoms. The molecule has 6 nitrogen and oxygen atoms in total. The highest BCUT2D eigenvalue weighted by molar-refractivity contribution is 6.31. The third-order valence-corrected chi connectivity index (χ3v) is 4.74. The predicted octanol–water partition coefficient (Wildman–Crippen LogP) is 3.14. The Morgan fingerprint density at radius 2 is 2.20 bits per heavy atom. The van der Waals surface area contributed by atoms with E-state index in [1.54, 1.807) is 13.1 Å². The van der Waals surface area contributed by atoms with E-state index in [1.165, 1.54) is 23.5 Å². The molecule has 134 valence electrons. The number of amides is 2. The van der Waals surface area contributed by atoms with Crippen molar-refractivity contribution in [1.82, 2.24) is 25.0 Å². The first-order valence-corrected chi connectivity index (χ1v) is 8.77. The lowest BCUT2D eigenvalue weighted by molar-refractivity contribution is 0.205. The van der Waals surface area contributed by atoms with Crippen LogP contribution >= 0.6 is 11.6 Å². The van der Waals surface area contributed by atoms with Crippen molar-refractivity contribution in [3.8, 4) is 0 Å². The molecule has 0 radical (unpaired) electrons. The van der Waals surface area contributed by atoms with Crippen LogP contribution < -0.4 is 5.32 Å². The summed E-state index contributed by atoms with van der Waals surface area (Å²) in [4.78, 5) is 13.7. The Balaban J connectivity index is 1.60. The summed E-state index contributed by atoms with van der Waals surface area (Å²) in [6.07, 6.45) is 4.32. The highest BCUT2D eigenvalue weighted by Gasteiger charge is 2.17. The number of rotatable bonds is 4. The van der Waals surface area contributed by atoms with Gasteiger partial charge in [0.25, 0.3) is 0 Å². The normalized spacial score (nSPS) is 13.9. The van der Waals surface area contributed by atoms with E-state index < -0.39 is 5.82 Å². The van der Waals surface area contributed by atoms with Crippen molar-refractivity contribution in [3.05, 3.63) is 46.3 Å². The molecule has 0 saturated heterocycles. The van der Waals surface area contributed by atoms with Crippen LogP contribution in [-0.2, 0) is 26.1 Å². The van der Waals surface area contributed by atoms with Crippen molar-refractivity contribution in [2.24, 2.45) is 0 Å². The zero-order chi connectivity index (χ0) is 17.8. The molecule has 0 atom stereocenters. The zero-order valence-corrected chi connectivity index (χ0v) is 14.9. The number of nitrogens with one attached hydrogen (secondary N) is 1. The number of nitrogens with zero attached hydrogens (tertiary/aromatic N) is 4. The lowest BCUT2D eigenvalue weighted by Gasteiger charge is -2.19. The monoisotopic (exact) mass is 365 g/mol. The Morgan fingerprint density at radius 1 is 1.36 bits per heavy atom. The van der Waals surface area contributed by atoms with Crippen LogP contribution in [-0.4, -0.2) is 32.7 Å². The quantitative estimate of drug-likeness (QED) is 0.905. The topological polar surface area (TPSA) is 63.1 Å². The Kier molecular flexibility index (Phi) is 5.53. The van der Waals surface area contributed by atoms with E-state index in [0.717, 1.165) is 37.5 Å². The first-order chi connectivity index (χ1) is 12.1. The molecule has 8 heteroatoms. The number of aromatic nitrogens is 3. The Labute approximate surface area is 151 Å². The van der Waals surface area contributed by atoms with Gasteiger partial charge in [0.05, 0.1) is 13.1 Å². The average molecular weight is 366 g/mol. The van der Waals surface area contributed by atoms with Gasteiger partial charge in [-0.15, -0.1) is 10.2 Å². The maximum absolute atomic E-state index is 13.8. The largest absolute Gasteiger partial charge is 0.331 e. The van der Waals surface area contributed by atoms with Crippen molar-refractivity contribution in [2.75, 3.05) is 7.05 Å². The van der Waals surface area contributed by atoms with Crippen LogP contribution in [0.3, 0.4) is 0 Å². The summed E-state index contributed by atoms with van der Waals surface area (Å²) in [5, 5.41) is 11.5. The molecule has 2 aromatic rings. The molecule has 1 aromatic heterocycles. The van der Waals surface area contributed by atoms with Gasteiger partial charge in [0.1, 0.15) is 11.6 Å². The summed E-state index contributed by atoms with van der Waals surface area (Å²) >= 11 is 6.01. The van der Waals surface area contributed by atoms with Gasteiger partial charge in [-0.2, -0.15) is 0 Å². The first kappa shape index (κ1) is 17.7. The number of benzene rings is 1. The molecule has 1 aromatic carbocycles. The molecule has 1 N–H and O–H groups in total. The molecule has 0 unspecified atom stereocenters. The van der Waals surface area contributed by atoms with Gasteiger partial charge >= 0.3 is 6.03 Å². The maximum atomic E-state index is 13.8. The molecular formula is C17H21ClFN5O. The number of aryl methyl sites for hydroxylation is 1. The lowest BCUT2D eigenvalue weighted by atomic mass is 10.2. The number of fused-ring (bicyclic) bond motifs is 1. The number of hydrogen-bond acceptors (Lipinski definition) is 3. The van der Waals surface area contributed by atoms with Crippen molar-refractivity contribution in [1.29, 1.82) is 0 Å². The van der Waals surface area contributed by atoms with Crippen LogP contribution in [0.5, 0.6) is 0 Å². The Hall–Kier alpha value is -2.15. The summed E-state index contributed by atoms with van der Waals surface area (Å²) in [5.41, 5.74) is 0.304. The number of carbonyl (C=O) groups is 1. The second-order valence-corrected chi connectivity index (χ2v) is 6.62. The van der Waals surface area contributed by atoms with E-state index in [0.29, 0.717) is 17.1 Å². The highest BCUT2D eigenvalue weighted by Crippen LogP contribution is 2.20. The Morgan fingerprint density at radius 3 is 3.00 bits per heavy atom. The van der Waals surface area contributed by atoms with Crippen LogP contribution in [0, 0.1) is 5.82 Å². The first-order valence-electron chi connectivity index (χ1n) is 8.39. The second kappa shape index (κ2) is 7.82. The van der Waals surface area contributed by atoms with E-state index in [-0.39, 0.29) is 12.6 Å². The minimum Gasteiger partial charge on any atom is -0.331 e. The smallest absolute Gasteiger partial charge is 0.317 e. The number of urea groups is 1.